The van der Waals surface area contributed by atoms with Gasteiger partial charge in [-0.1, -0.05) is 38.6 Å². The maximum Gasteiger partial charge on any atom is 0.295 e. The minimum absolute atomic E-state index is 0.0135. The zero-order valence-corrected chi connectivity index (χ0v) is 22.3. The predicted molar refractivity (Wildman–Crippen MR) is 146 cm³/mol. The van der Waals surface area contributed by atoms with E-state index in [-0.39, 0.29) is 17.4 Å². The molecule has 0 unspecified atom stereocenters. The molecule has 2 aromatic carbocycles. The third kappa shape index (κ3) is 6.80. The first-order valence-electron chi connectivity index (χ1n) is 12.9. The van der Waals surface area contributed by atoms with E-state index in [1.807, 2.05) is 26.0 Å². The molecule has 2 aromatic rings. The summed E-state index contributed by atoms with van der Waals surface area (Å²) >= 11 is 0. The van der Waals surface area contributed by atoms with Crippen LogP contribution in [0.2, 0.25) is 0 Å². The lowest BCUT2D eigenvalue weighted by Crippen LogP contribution is -2.33. The molecule has 1 fully saturated rings. The van der Waals surface area contributed by atoms with Crippen LogP contribution in [0.1, 0.15) is 51.3 Å². The number of Topliss-reactive ketones (excluding diaryl/α,β-unsaturated/α-hetero) is 1. The molecule has 1 aliphatic heterocycles. The average molecular weight is 507 g/mol. The fraction of sp³-hybridized carbons (Fsp3) is 0.400. The van der Waals surface area contributed by atoms with Crippen molar-refractivity contribution in [1.82, 2.24) is 9.80 Å². The van der Waals surface area contributed by atoms with Gasteiger partial charge in [0.2, 0.25) is 0 Å². The Labute approximate surface area is 220 Å². The number of amides is 1. The van der Waals surface area contributed by atoms with E-state index in [0.29, 0.717) is 36.6 Å². The van der Waals surface area contributed by atoms with E-state index in [0.717, 1.165) is 25.2 Å². The van der Waals surface area contributed by atoms with Crippen molar-refractivity contribution in [3.05, 3.63) is 77.9 Å². The van der Waals surface area contributed by atoms with Gasteiger partial charge in [-0.15, -0.1) is 0 Å². The van der Waals surface area contributed by atoms with Crippen molar-refractivity contribution in [2.45, 2.75) is 46.3 Å². The Morgan fingerprint density at radius 2 is 1.68 bits per heavy atom. The standard InChI is InChI=1S/C30H38N2O5/c1-6-20-36-24-14-10-22(11-15-24)27-26(28(33)23-12-16-25(17-13-23)37-21(4)5)29(34)30(35)32(27)19-9-18-31(7-2)8-3/h6,10-17,21,27,33H,1,7-9,18-20H2,2-5H3/t27-/m1/s1. The van der Waals surface area contributed by atoms with Crippen LogP contribution in [-0.2, 0) is 9.59 Å². The summed E-state index contributed by atoms with van der Waals surface area (Å²) in [7, 11) is 0. The number of hydrogen-bond acceptors (Lipinski definition) is 6. The number of carbonyl (C=O) groups is 2. The lowest BCUT2D eigenvalue weighted by molar-refractivity contribution is -0.140. The Balaban J connectivity index is 1.99. The Bertz CT molecular complexity index is 1100. The molecule has 3 rings (SSSR count). The van der Waals surface area contributed by atoms with Crippen molar-refractivity contribution in [1.29, 1.82) is 0 Å². The fourth-order valence-corrected chi connectivity index (χ4v) is 4.48. The summed E-state index contributed by atoms with van der Waals surface area (Å²) in [6.45, 7) is 15.2. The van der Waals surface area contributed by atoms with E-state index in [1.165, 1.54) is 0 Å². The van der Waals surface area contributed by atoms with E-state index < -0.39 is 17.7 Å². The maximum absolute atomic E-state index is 13.3. The van der Waals surface area contributed by atoms with E-state index in [1.54, 1.807) is 47.4 Å². The molecule has 1 heterocycles. The van der Waals surface area contributed by atoms with Crippen LogP contribution in [-0.4, -0.2) is 65.5 Å². The van der Waals surface area contributed by atoms with Crippen molar-refractivity contribution in [2.24, 2.45) is 0 Å². The highest BCUT2D eigenvalue weighted by molar-refractivity contribution is 6.46. The quantitative estimate of drug-likeness (QED) is 0.174. The van der Waals surface area contributed by atoms with Crippen LogP contribution >= 0.6 is 0 Å². The second-order valence-electron chi connectivity index (χ2n) is 9.23. The van der Waals surface area contributed by atoms with Crippen molar-refractivity contribution >= 4 is 17.4 Å². The number of nitrogens with zero attached hydrogens (tertiary/aromatic N) is 2. The summed E-state index contributed by atoms with van der Waals surface area (Å²) in [5, 5.41) is 11.3. The van der Waals surface area contributed by atoms with Gasteiger partial charge in [0.05, 0.1) is 17.7 Å². The Kier molecular flexibility index (Phi) is 9.92. The Hall–Kier alpha value is -3.58. The summed E-state index contributed by atoms with van der Waals surface area (Å²) < 4.78 is 11.3. The molecule has 0 saturated carbocycles. The second kappa shape index (κ2) is 13.1. The first-order chi connectivity index (χ1) is 17.8. The molecule has 1 N–H and O–H groups in total. The van der Waals surface area contributed by atoms with Crippen molar-refractivity contribution in [3.63, 3.8) is 0 Å². The second-order valence-corrected chi connectivity index (χ2v) is 9.23. The zero-order valence-electron chi connectivity index (χ0n) is 22.3. The molecule has 0 bridgehead atoms. The number of aliphatic hydroxyl groups excluding tert-OH is 1. The number of carbonyl (C=O) groups excluding carboxylic acids is 2. The number of hydrogen-bond donors (Lipinski definition) is 1. The molecular weight excluding hydrogens is 468 g/mol. The highest BCUT2D eigenvalue weighted by atomic mass is 16.5. The number of rotatable bonds is 13. The topological polar surface area (TPSA) is 79.3 Å². The van der Waals surface area contributed by atoms with Crippen LogP contribution in [0.25, 0.3) is 5.76 Å². The molecule has 0 spiro atoms. The van der Waals surface area contributed by atoms with Crippen molar-refractivity contribution < 1.29 is 24.2 Å². The first-order valence-corrected chi connectivity index (χ1v) is 12.9. The van der Waals surface area contributed by atoms with Crippen LogP contribution in [0.5, 0.6) is 11.5 Å². The SMILES string of the molecule is C=CCOc1ccc([C@@H]2C(=C(O)c3ccc(OC(C)C)cc3)C(=O)C(=O)N2CCCN(CC)CC)cc1. The molecule has 1 amide bonds. The summed E-state index contributed by atoms with van der Waals surface area (Å²) in [6, 6.07) is 13.5. The first kappa shape index (κ1) is 28.0. The third-order valence-electron chi connectivity index (χ3n) is 6.37. The Morgan fingerprint density at radius 3 is 2.24 bits per heavy atom. The lowest BCUT2D eigenvalue weighted by Gasteiger charge is -2.27. The van der Waals surface area contributed by atoms with Gasteiger partial charge in [-0.05, 0) is 81.9 Å². The predicted octanol–water partition coefficient (Wildman–Crippen LogP) is 5.19. The van der Waals surface area contributed by atoms with Gasteiger partial charge in [-0.25, -0.2) is 0 Å². The summed E-state index contributed by atoms with van der Waals surface area (Å²) in [5.74, 6) is -0.159. The van der Waals surface area contributed by atoms with Gasteiger partial charge in [0.25, 0.3) is 11.7 Å². The molecule has 0 aromatic heterocycles. The fourth-order valence-electron chi connectivity index (χ4n) is 4.48. The summed E-state index contributed by atoms with van der Waals surface area (Å²) in [6.07, 6.45) is 2.39. The normalized spacial score (nSPS) is 17.0. The lowest BCUT2D eigenvalue weighted by atomic mass is 9.95. The largest absolute Gasteiger partial charge is 0.507 e. The maximum atomic E-state index is 13.3. The van der Waals surface area contributed by atoms with Crippen molar-refractivity contribution in [3.8, 4) is 11.5 Å². The average Bonchev–Trinajstić information content (AvgIpc) is 3.15. The molecule has 7 heteroatoms. The van der Waals surface area contributed by atoms with Gasteiger partial charge in [-0.2, -0.15) is 0 Å². The minimum atomic E-state index is -0.697. The molecule has 1 saturated heterocycles. The van der Waals surface area contributed by atoms with E-state index in [2.05, 4.69) is 25.3 Å². The highest BCUT2D eigenvalue weighted by Crippen LogP contribution is 2.40. The number of likely N-dealkylation sites (tertiary alicyclic amines) is 1. The van der Waals surface area contributed by atoms with E-state index >= 15 is 0 Å². The van der Waals surface area contributed by atoms with Crippen LogP contribution in [0.15, 0.2) is 66.8 Å². The molecule has 0 aliphatic carbocycles. The monoisotopic (exact) mass is 506 g/mol. The van der Waals surface area contributed by atoms with Gasteiger partial charge >= 0.3 is 0 Å². The molecule has 37 heavy (non-hydrogen) atoms. The summed E-state index contributed by atoms with van der Waals surface area (Å²) in [5.41, 5.74) is 1.27. The van der Waals surface area contributed by atoms with Crippen LogP contribution in [0.3, 0.4) is 0 Å². The van der Waals surface area contributed by atoms with Crippen LogP contribution in [0.4, 0.5) is 0 Å². The Morgan fingerprint density at radius 1 is 1.05 bits per heavy atom. The van der Waals surface area contributed by atoms with Crippen LogP contribution in [0, 0.1) is 0 Å². The molecule has 1 atom stereocenters. The van der Waals surface area contributed by atoms with Gasteiger partial charge in [0.1, 0.15) is 23.9 Å². The number of ketones is 1. The molecule has 198 valence electrons. The van der Waals surface area contributed by atoms with E-state index in [4.69, 9.17) is 9.47 Å². The van der Waals surface area contributed by atoms with Crippen LogP contribution < -0.4 is 9.47 Å². The van der Waals surface area contributed by atoms with Crippen molar-refractivity contribution in [2.75, 3.05) is 32.8 Å². The molecular formula is C30H38N2O5. The number of benzene rings is 2. The van der Waals surface area contributed by atoms with Gasteiger partial charge < -0.3 is 24.4 Å². The van der Waals surface area contributed by atoms with Gasteiger partial charge in [0, 0.05) is 12.1 Å². The third-order valence-corrected chi connectivity index (χ3v) is 6.37. The summed E-state index contributed by atoms with van der Waals surface area (Å²) in [4.78, 5) is 30.3. The van der Waals surface area contributed by atoms with Gasteiger partial charge in [0.15, 0.2) is 0 Å². The molecule has 1 aliphatic rings. The minimum Gasteiger partial charge on any atom is -0.507 e. The zero-order chi connectivity index (χ0) is 26.9. The smallest absolute Gasteiger partial charge is 0.295 e. The number of aliphatic hydroxyl groups is 1. The molecule has 7 nitrogen and oxygen atoms in total. The van der Waals surface area contributed by atoms with Gasteiger partial charge in [-0.3, -0.25) is 9.59 Å². The molecule has 0 radical (unpaired) electrons. The number of ether oxygens (including phenoxy) is 2. The highest BCUT2D eigenvalue weighted by Gasteiger charge is 2.45. The van der Waals surface area contributed by atoms with E-state index in [9.17, 15) is 14.7 Å².